The average Bonchev–Trinajstić information content (AvgIpc) is 2.80. The lowest BCUT2D eigenvalue weighted by molar-refractivity contribution is -0.132. The number of hydrogen-bond acceptors (Lipinski definition) is 4. The molecule has 178 valence electrons. The van der Waals surface area contributed by atoms with Crippen LogP contribution in [-0.4, -0.2) is 49.1 Å². The van der Waals surface area contributed by atoms with Crippen molar-refractivity contribution in [1.29, 1.82) is 0 Å². The summed E-state index contributed by atoms with van der Waals surface area (Å²) in [4.78, 5) is 26.0. The van der Waals surface area contributed by atoms with Crippen LogP contribution in [0.1, 0.15) is 44.6 Å². The molecular weight excluding hydrogens is 445 g/mol. The minimum absolute atomic E-state index is 0.00633. The number of anilines is 1. The maximum Gasteiger partial charge on any atom is 0.243 e. The third-order valence-electron chi connectivity index (χ3n) is 5.91. The van der Waals surface area contributed by atoms with Crippen molar-refractivity contribution >= 4 is 27.5 Å². The van der Waals surface area contributed by atoms with Gasteiger partial charge in [-0.2, -0.15) is 4.31 Å². The fourth-order valence-corrected chi connectivity index (χ4v) is 5.39. The molecule has 0 heterocycles. The number of benzene rings is 2. The van der Waals surface area contributed by atoms with E-state index in [1.54, 1.807) is 11.9 Å². The molecule has 0 aromatic heterocycles. The highest BCUT2D eigenvalue weighted by Gasteiger charge is 2.30. The number of sulfonamides is 1. The summed E-state index contributed by atoms with van der Waals surface area (Å²) in [5.41, 5.74) is 1.04. The van der Waals surface area contributed by atoms with E-state index in [2.05, 4.69) is 5.32 Å². The number of carbonyl (C=O) groups excluding carboxylic acids is 2. The van der Waals surface area contributed by atoms with Crippen LogP contribution in [-0.2, 0) is 26.2 Å². The maximum atomic E-state index is 13.5. The Kier molecular flexibility index (Phi) is 8.20. The molecule has 0 radical (unpaired) electrons. The highest BCUT2D eigenvalue weighted by atomic mass is 32.2. The smallest absolute Gasteiger partial charge is 0.243 e. The van der Waals surface area contributed by atoms with Crippen molar-refractivity contribution in [3.8, 4) is 0 Å². The van der Waals surface area contributed by atoms with Crippen molar-refractivity contribution in [2.75, 3.05) is 18.9 Å². The summed E-state index contributed by atoms with van der Waals surface area (Å²) in [6, 6.07) is 11.4. The topological polar surface area (TPSA) is 86.8 Å². The molecule has 1 fully saturated rings. The van der Waals surface area contributed by atoms with Crippen LogP contribution in [0, 0.1) is 5.82 Å². The number of nitrogens with one attached hydrogen (secondary N) is 1. The summed E-state index contributed by atoms with van der Waals surface area (Å²) >= 11 is 0. The van der Waals surface area contributed by atoms with Crippen molar-refractivity contribution < 1.29 is 22.4 Å². The van der Waals surface area contributed by atoms with E-state index in [1.807, 2.05) is 0 Å². The van der Waals surface area contributed by atoms with Gasteiger partial charge in [0.05, 0.1) is 11.4 Å². The molecule has 0 saturated heterocycles. The zero-order chi connectivity index (χ0) is 24.0. The summed E-state index contributed by atoms with van der Waals surface area (Å²) < 4.78 is 41.4. The summed E-state index contributed by atoms with van der Waals surface area (Å²) in [5.74, 6) is -0.961. The maximum absolute atomic E-state index is 13.5. The molecule has 2 aromatic carbocycles. The molecule has 0 atom stereocenters. The van der Waals surface area contributed by atoms with Gasteiger partial charge in [0.15, 0.2) is 0 Å². The lowest BCUT2D eigenvalue weighted by atomic mass is 9.94. The van der Waals surface area contributed by atoms with E-state index in [9.17, 15) is 22.4 Å². The monoisotopic (exact) mass is 475 g/mol. The number of nitrogens with zero attached hydrogens (tertiary/aromatic N) is 2. The van der Waals surface area contributed by atoms with Crippen molar-refractivity contribution in [1.82, 2.24) is 9.21 Å². The molecule has 33 heavy (non-hydrogen) atoms. The van der Waals surface area contributed by atoms with E-state index in [0.717, 1.165) is 36.4 Å². The summed E-state index contributed by atoms with van der Waals surface area (Å²) in [6.07, 6.45) is 5.09. The number of halogens is 1. The fourth-order valence-electron chi connectivity index (χ4n) is 4.02. The van der Waals surface area contributed by atoms with Crippen LogP contribution < -0.4 is 5.32 Å². The molecule has 3 rings (SSSR count). The van der Waals surface area contributed by atoms with Gasteiger partial charge in [-0.05, 0) is 54.8 Å². The Morgan fingerprint density at radius 3 is 2.18 bits per heavy atom. The first-order valence-electron chi connectivity index (χ1n) is 11.0. The summed E-state index contributed by atoms with van der Waals surface area (Å²) in [7, 11) is -2.31. The van der Waals surface area contributed by atoms with Gasteiger partial charge < -0.3 is 10.2 Å². The second-order valence-corrected chi connectivity index (χ2v) is 10.3. The van der Waals surface area contributed by atoms with E-state index in [4.69, 9.17) is 0 Å². The van der Waals surface area contributed by atoms with Crippen LogP contribution in [0.4, 0.5) is 10.1 Å². The first-order valence-corrected chi connectivity index (χ1v) is 12.5. The molecule has 0 bridgehead atoms. The Morgan fingerprint density at radius 1 is 1.00 bits per heavy atom. The lowest BCUT2D eigenvalue weighted by Crippen LogP contribution is -2.45. The summed E-state index contributed by atoms with van der Waals surface area (Å²) in [5, 5.41) is 2.60. The standard InChI is InChI=1S/C24H30FN3O4S/c1-18(29)26-21-12-14-23(15-13-21)33(31,32)28(16-19-8-10-20(25)11-9-19)17-24(30)27(2)22-6-4-3-5-7-22/h8-15,22H,3-7,16-17H2,1-2H3,(H,26,29). The van der Waals surface area contributed by atoms with Gasteiger partial charge in [0.2, 0.25) is 21.8 Å². The minimum atomic E-state index is -4.03. The molecule has 1 saturated carbocycles. The predicted molar refractivity (Wildman–Crippen MR) is 124 cm³/mol. The van der Waals surface area contributed by atoms with E-state index < -0.39 is 15.8 Å². The quantitative estimate of drug-likeness (QED) is 0.630. The van der Waals surface area contributed by atoms with Gasteiger partial charge in [-0.3, -0.25) is 9.59 Å². The van der Waals surface area contributed by atoms with Crippen LogP contribution in [0.15, 0.2) is 53.4 Å². The first kappa shape index (κ1) is 24.9. The SMILES string of the molecule is CC(=O)Nc1ccc(S(=O)(=O)N(CC(=O)N(C)C2CCCCC2)Cc2ccc(F)cc2)cc1. The molecule has 0 spiro atoms. The van der Waals surface area contributed by atoms with Gasteiger partial charge in [-0.25, -0.2) is 12.8 Å². The van der Waals surface area contributed by atoms with E-state index in [0.29, 0.717) is 11.3 Å². The number of hydrogen-bond donors (Lipinski definition) is 1. The Bertz CT molecular complexity index is 1070. The van der Waals surface area contributed by atoms with Crippen molar-refractivity contribution in [2.45, 2.75) is 56.5 Å². The van der Waals surface area contributed by atoms with Gasteiger partial charge in [-0.1, -0.05) is 31.4 Å². The van der Waals surface area contributed by atoms with Crippen LogP contribution in [0.3, 0.4) is 0 Å². The average molecular weight is 476 g/mol. The fraction of sp³-hybridized carbons (Fsp3) is 0.417. The molecule has 7 nitrogen and oxygen atoms in total. The van der Waals surface area contributed by atoms with Crippen LogP contribution in [0.5, 0.6) is 0 Å². The molecule has 1 aliphatic rings. The molecule has 0 unspecified atom stereocenters. The van der Waals surface area contributed by atoms with Crippen molar-refractivity contribution in [3.63, 3.8) is 0 Å². The van der Waals surface area contributed by atoms with Crippen LogP contribution in [0.2, 0.25) is 0 Å². The molecule has 1 N–H and O–H groups in total. The zero-order valence-corrected chi connectivity index (χ0v) is 19.8. The largest absolute Gasteiger partial charge is 0.342 e. The highest BCUT2D eigenvalue weighted by Crippen LogP contribution is 2.24. The van der Waals surface area contributed by atoms with Gasteiger partial charge in [-0.15, -0.1) is 0 Å². The van der Waals surface area contributed by atoms with E-state index >= 15 is 0 Å². The number of rotatable bonds is 8. The number of carbonyl (C=O) groups is 2. The Labute approximate surface area is 194 Å². The van der Waals surface area contributed by atoms with Gasteiger partial charge >= 0.3 is 0 Å². The molecule has 2 aromatic rings. The number of likely N-dealkylation sites (N-methyl/N-ethyl adjacent to an activating group) is 1. The zero-order valence-electron chi connectivity index (χ0n) is 19.0. The van der Waals surface area contributed by atoms with Gasteiger partial charge in [0, 0.05) is 32.2 Å². The molecule has 2 amide bonds. The Hall–Kier alpha value is -2.78. The third kappa shape index (κ3) is 6.61. The molecule has 0 aliphatic heterocycles. The number of amides is 2. The second kappa shape index (κ2) is 10.9. The molecular formula is C24H30FN3O4S. The van der Waals surface area contributed by atoms with Crippen molar-refractivity contribution in [2.24, 2.45) is 0 Å². The van der Waals surface area contributed by atoms with E-state index in [-0.39, 0.29) is 35.8 Å². The van der Waals surface area contributed by atoms with Gasteiger partial charge in [0.25, 0.3) is 0 Å². The molecule has 9 heteroatoms. The lowest BCUT2D eigenvalue weighted by Gasteiger charge is -2.33. The van der Waals surface area contributed by atoms with Crippen LogP contribution >= 0.6 is 0 Å². The van der Waals surface area contributed by atoms with Crippen molar-refractivity contribution in [3.05, 3.63) is 59.9 Å². The van der Waals surface area contributed by atoms with Crippen LogP contribution in [0.25, 0.3) is 0 Å². The van der Waals surface area contributed by atoms with Gasteiger partial charge in [0.1, 0.15) is 5.82 Å². The highest BCUT2D eigenvalue weighted by molar-refractivity contribution is 7.89. The summed E-state index contributed by atoms with van der Waals surface area (Å²) in [6.45, 7) is 0.976. The minimum Gasteiger partial charge on any atom is -0.342 e. The predicted octanol–water partition coefficient (Wildman–Crippen LogP) is 3.77. The Morgan fingerprint density at radius 2 is 1.61 bits per heavy atom. The molecule has 1 aliphatic carbocycles. The Balaban J connectivity index is 1.85. The normalized spacial score (nSPS) is 14.8. The van der Waals surface area contributed by atoms with E-state index in [1.165, 1.54) is 55.5 Å². The second-order valence-electron chi connectivity index (χ2n) is 8.40. The first-order chi connectivity index (χ1) is 15.7. The third-order valence-corrected chi connectivity index (χ3v) is 7.72.